The first kappa shape index (κ1) is 14.7. The van der Waals surface area contributed by atoms with Crippen molar-refractivity contribution in [3.05, 3.63) is 41.6 Å². The van der Waals surface area contributed by atoms with E-state index in [0.29, 0.717) is 11.3 Å². The number of hydrogen-bond acceptors (Lipinski definition) is 2. The molecule has 0 bridgehead atoms. The Morgan fingerprint density at radius 1 is 1.10 bits per heavy atom. The van der Waals surface area contributed by atoms with Crippen molar-refractivity contribution in [2.75, 3.05) is 0 Å². The molecule has 0 fully saturated rings. The van der Waals surface area contributed by atoms with E-state index < -0.39 is 6.43 Å². The molecule has 108 valence electrons. The summed E-state index contributed by atoms with van der Waals surface area (Å²) in [5.74, 6) is 0. The first-order valence-electron chi connectivity index (χ1n) is 6.63. The molecule has 2 aromatic rings. The summed E-state index contributed by atoms with van der Waals surface area (Å²) in [4.78, 5) is 0. The zero-order valence-corrected chi connectivity index (χ0v) is 11.8. The minimum atomic E-state index is -2.54. The molecule has 0 saturated carbocycles. The van der Waals surface area contributed by atoms with Gasteiger partial charge in [-0.25, -0.2) is 8.78 Å². The number of nitrogens with two attached hydrogens (primary N) is 1. The molecule has 0 amide bonds. The molecule has 1 aromatic heterocycles. The van der Waals surface area contributed by atoms with Gasteiger partial charge in [0.1, 0.15) is 5.69 Å². The van der Waals surface area contributed by atoms with Crippen molar-refractivity contribution in [2.24, 2.45) is 5.73 Å². The zero-order valence-electron chi connectivity index (χ0n) is 11.8. The van der Waals surface area contributed by atoms with Crippen LogP contribution in [0.25, 0.3) is 11.3 Å². The van der Waals surface area contributed by atoms with Crippen molar-refractivity contribution in [3.63, 3.8) is 0 Å². The maximum atomic E-state index is 13.1. The number of aromatic nitrogens is 2. The van der Waals surface area contributed by atoms with Crippen LogP contribution in [0.2, 0.25) is 0 Å². The van der Waals surface area contributed by atoms with Gasteiger partial charge < -0.3 is 5.73 Å². The second-order valence-corrected chi connectivity index (χ2v) is 5.22. The lowest BCUT2D eigenvalue weighted by atomic mass is 10.0. The Morgan fingerprint density at radius 2 is 1.70 bits per heavy atom. The van der Waals surface area contributed by atoms with Gasteiger partial charge in [-0.3, -0.25) is 4.68 Å². The van der Waals surface area contributed by atoms with Crippen molar-refractivity contribution >= 4 is 0 Å². The number of halogens is 2. The van der Waals surface area contributed by atoms with Gasteiger partial charge in [0.15, 0.2) is 0 Å². The fourth-order valence-electron chi connectivity index (χ4n) is 2.00. The summed E-state index contributed by atoms with van der Waals surface area (Å²) in [5, 5.41) is 4.28. The highest BCUT2D eigenvalue weighted by Crippen LogP contribution is 2.31. The van der Waals surface area contributed by atoms with Gasteiger partial charge in [0.25, 0.3) is 6.43 Å². The highest BCUT2D eigenvalue weighted by molar-refractivity contribution is 5.63. The van der Waals surface area contributed by atoms with E-state index in [-0.39, 0.29) is 17.6 Å². The maximum absolute atomic E-state index is 13.1. The van der Waals surface area contributed by atoms with E-state index in [1.807, 2.05) is 32.9 Å². The second-order valence-electron chi connectivity index (χ2n) is 5.22. The minimum absolute atomic E-state index is 0.0350. The van der Waals surface area contributed by atoms with Gasteiger partial charge in [0, 0.05) is 23.8 Å². The third-order valence-electron chi connectivity index (χ3n) is 3.23. The molecule has 0 saturated heterocycles. The summed E-state index contributed by atoms with van der Waals surface area (Å²) in [6.45, 7) is 5.70. The van der Waals surface area contributed by atoms with Crippen molar-refractivity contribution < 1.29 is 8.78 Å². The molecule has 1 aromatic carbocycles. The lowest BCUT2D eigenvalue weighted by molar-refractivity contribution is 0.152. The largest absolute Gasteiger partial charge is 0.324 e. The van der Waals surface area contributed by atoms with Crippen molar-refractivity contribution in [2.45, 2.75) is 39.3 Å². The summed E-state index contributed by atoms with van der Waals surface area (Å²) in [5.41, 5.74) is 7.74. The molecule has 0 spiro atoms. The van der Waals surface area contributed by atoms with Gasteiger partial charge in [-0.2, -0.15) is 5.10 Å². The summed E-state index contributed by atoms with van der Waals surface area (Å²) < 4.78 is 27.8. The predicted octanol–water partition coefficient (Wildman–Crippen LogP) is 4.09. The third kappa shape index (κ3) is 2.88. The molecule has 0 aliphatic rings. The average Bonchev–Trinajstić information content (AvgIpc) is 2.84. The van der Waals surface area contributed by atoms with Crippen LogP contribution in [0.15, 0.2) is 30.5 Å². The van der Waals surface area contributed by atoms with Crippen LogP contribution in [0, 0.1) is 0 Å². The van der Waals surface area contributed by atoms with Crippen molar-refractivity contribution in [3.8, 4) is 11.3 Å². The molecular formula is C15H19F2N3. The Morgan fingerprint density at radius 3 is 2.15 bits per heavy atom. The first-order valence-corrected chi connectivity index (χ1v) is 6.63. The van der Waals surface area contributed by atoms with Gasteiger partial charge in [-0.15, -0.1) is 0 Å². The molecule has 1 atom stereocenters. The number of benzene rings is 1. The van der Waals surface area contributed by atoms with E-state index in [9.17, 15) is 8.78 Å². The molecule has 0 aliphatic carbocycles. The van der Waals surface area contributed by atoms with Gasteiger partial charge in [0.2, 0.25) is 0 Å². The van der Waals surface area contributed by atoms with Crippen LogP contribution in [-0.2, 0) is 0 Å². The number of alkyl halides is 2. The van der Waals surface area contributed by atoms with Crippen LogP contribution in [0.1, 0.15) is 50.4 Å². The van der Waals surface area contributed by atoms with Gasteiger partial charge >= 0.3 is 0 Å². The first-order chi connectivity index (χ1) is 9.40. The topological polar surface area (TPSA) is 43.8 Å². The van der Waals surface area contributed by atoms with Crippen molar-refractivity contribution in [1.82, 2.24) is 9.78 Å². The second kappa shape index (κ2) is 5.71. The summed E-state index contributed by atoms with van der Waals surface area (Å²) >= 11 is 0. The summed E-state index contributed by atoms with van der Waals surface area (Å²) in [7, 11) is 0. The molecule has 5 heteroatoms. The average molecular weight is 279 g/mol. The molecule has 2 N–H and O–H groups in total. The van der Waals surface area contributed by atoms with Gasteiger partial charge in [-0.05, 0) is 26.3 Å². The lowest BCUT2D eigenvalue weighted by Gasteiger charge is -2.07. The number of nitrogens with zero attached hydrogens (tertiary/aromatic N) is 2. The Bertz CT molecular complexity index is 571. The van der Waals surface area contributed by atoms with E-state index in [0.717, 1.165) is 5.56 Å². The highest BCUT2D eigenvalue weighted by atomic mass is 19.3. The van der Waals surface area contributed by atoms with E-state index in [2.05, 4.69) is 5.10 Å². The molecule has 0 aliphatic heterocycles. The highest BCUT2D eigenvalue weighted by Gasteiger charge is 2.20. The SMILES string of the molecule is CC(N)c1ccc(-c2nn(C(C)C)cc2C(F)F)cc1. The summed E-state index contributed by atoms with van der Waals surface area (Å²) in [6.07, 6.45) is -1.12. The normalized spacial score (nSPS) is 13.2. The fourth-order valence-corrected chi connectivity index (χ4v) is 2.00. The van der Waals surface area contributed by atoms with Gasteiger partial charge in [0.05, 0.1) is 5.56 Å². The standard InChI is InChI=1S/C15H19F2N3/c1-9(2)20-8-13(15(16)17)14(19-20)12-6-4-11(5-7-12)10(3)18/h4-10,15H,18H2,1-3H3. The monoisotopic (exact) mass is 279 g/mol. The lowest BCUT2D eigenvalue weighted by Crippen LogP contribution is -2.04. The predicted molar refractivity (Wildman–Crippen MR) is 75.6 cm³/mol. The Kier molecular flexibility index (Phi) is 4.18. The molecule has 2 rings (SSSR count). The van der Waals surface area contributed by atoms with Crippen LogP contribution in [0.3, 0.4) is 0 Å². The van der Waals surface area contributed by atoms with Gasteiger partial charge in [-0.1, -0.05) is 24.3 Å². The molecule has 1 unspecified atom stereocenters. The Labute approximate surface area is 117 Å². The quantitative estimate of drug-likeness (QED) is 0.916. The van der Waals surface area contributed by atoms with Crippen molar-refractivity contribution in [1.29, 1.82) is 0 Å². The molecule has 3 nitrogen and oxygen atoms in total. The smallest absolute Gasteiger partial charge is 0.267 e. The summed E-state index contributed by atoms with van der Waals surface area (Å²) in [6, 6.07) is 7.25. The molecule has 20 heavy (non-hydrogen) atoms. The van der Waals surface area contributed by atoms with Crippen LogP contribution >= 0.6 is 0 Å². The van der Waals surface area contributed by atoms with E-state index in [1.54, 1.807) is 16.8 Å². The minimum Gasteiger partial charge on any atom is -0.324 e. The Hall–Kier alpha value is -1.75. The van der Waals surface area contributed by atoms with Crippen LogP contribution in [0.5, 0.6) is 0 Å². The Balaban J connectivity index is 2.45. The van der Waals surface area contributed by atoms with Crippen LogP contribution < -0.4 is 5.73 Å². The van der Waals surface area contributed by atoms with E-state index in [1.165, 1.54) is 6.20 Å². The van der Waals surface area contributed by atoms with Crippen LogP contribution in [-0.4, -0.2) is 9.78 Å². The molecular weight excluding hydrogens is 260 g/mol. The van der Waals surface area contributed by atoms with E-state index in [4.69, 9.17) is 5.73 Å². The molecule has 1 heterocycles. The maximum Gasteiger partial charge on any atom is 0.267 e. The molecule has 0 radical (unpaired) electrons. The number of rotatable bonds is 4. The third-order valence-corrected chi connectivity index (χ3v) is 3.23. The zero-order chi connectivity index (χ0) is 14.9. The van der Waals surface area contributed by atoms with Crippen LogP contribution in [0.4, 0.5) is 8.78 Å². The van der Waals surface area contributed by atoms with E-state index >= 15 is 0 Å². The number of hydrogen-bond donors (Lipinski definition) is 1. The fraction of sp³-hybridized carbons (Fsp3) is 0.400.